The number of nitrogens with zero attached hydrogens (tertiary/aromatic N) is 4. The molecule has 0 bridgehead atoms. The Labute approximate surface area is 287 Å². The molecule has 0 fully saturated rings. The van der Waals surface area contributed by atoms with Gasteiger partial charge in [-0.1, -0.05) is 109 Å². The van der Waals surface area contributed by atoms with E-state index < -0.39 is 0 Å². The lowest BCUT2D eigenvalue weighted by atomic mass is 10.00. The summed E-state index contributed by atoms with van der Waals surface area (Å²) < 4.78 is 8.33. The fourth-order valence-electron chi connectivity index (χ4n) is 7.04. The Morgan fingerprint density at radius 2 is 1.04 bits per heavy atom. The van der Waals surface area contributed by atoms with E-state index in [4.69, 9.17) is 19.4 Å². The summed E-state index contributed by atoms with van der Waals surface area (Å²) in [5, 5.41) is 3.39. The van der Waals surface area contributed by atoms with E-state index in [9.17, 15) is 0 Å². The minimum Gasteiger partial charge on any atom is -0.456 e. The van der Waals surface area contributed by atoms with Gasteiger partial charge in [0.15, 0.2) is 5.82 Å². The van der Waals surface area contributed by atoms with Crippen LogP contribution in [0.5, 0.6) is 0 Å². The highest BCUT2D eigenvalue weighted by Crippen LogP contribution is 2.35. The zero-order valence-corrected chi connectivity index (χ0v) is 26.9. The third kappa shape index (κ3) is 4.67. The van der Waals surface area contributed by atoms with E-state index in [1.54, 1.807) is 0 Å². The molecule has 0 saturated carbocycles. The highest BCUT2D eigenvalue weighted by Gasteiger charge is 2.15. The standard InChI is InChI=1S/C45H28N4O/c1-2-9-32(10-3-1)45-47-38(30-18-16-29(17-19-30)33-22-25-43-37(27-33)35-11-5-7-15-42(35)50-43)28-39(48-45)31-20-23-34(24-21-31)49-40-13-6-4-12-36(40)44-41(49)14-8-26-46-44/h1-28H. The number of fused-ring (bicyclic) bond motifs is 6. The van der Waals surface area contributed by atoms with E-state index in [0.29, 0.717) is 5.82 Å². The Morgan fingerprint density at radius 3 is 1.84 bits per heavy atom. The third-order valence-corrected chi connectivity index (χ3v) is 9.50. The van der Waals surface area contributed by atoms with Crippen molar-refractivity contribution in [2.24, 2.45) is 0 Å². The molecule has 234 valence electrons. The number of benzene rings is 6. The third-order valence-electron chi connectivity index (χ3n) is 9.50. The van der Waals surface area contributed by atoms with E-state index in [-0.39, 0.29) is 0 Å². The highest BCUT2D eigenvalue weighted by molar-refractivity contribution is 6.07. The molecule has 0 aliphatic rings. The topological polar surface area (TPSA) is 56.7 Å². The van der Waals surface area contributed by atoms with Gasteiger partial charge in [0.25, 0.3) is 0 Å². The summed E-state index contributed by atoms with van der Waals surface area (Å²) in [5.74, 6) is 0.692. The monoisotopic (exact) mass is 640 g/mol. The fourth-order valence-corrected chi connectivity index (χ4v) is 7.04. The molecule has 0 N–H and O–H groups in total. The second-order valence-corrected chi connectivity index (χ2v) is 12.5. The molecule has 4 heterocycles. The Hall–Kier alpha value is -6.85. The van der Waals surface area contributed by atoms with E-state index in [2.05, 4.69) is 132 Å². The number of rotatable bonds is 5. The van der Waals surface area contributed by atoms with Crippen molar-refractivity contribution in [1.82, 2.24) is 19.5 Å². The van der Waals surface area contributed by atoms with E-state index in [0.717, 1.165) is 88.8 Å². The molecule has 10 aromatic rings. The number of hydrogen-bond donors (Lipinski definition) is 0. The summed E-state index contributed by atoms with van der Waals surface area (Å²) in [4.78, 5) is 14.8. The van der Waals surface area contributed by atoms with Gasteiger partial charge in [0.05, 0.1) is 27.9 Å². The first-order valence-corrected chi connectivity index (χ1v) is 16.7. The van der Waals surface area contributed by atoms with Crippen LogP contribution in [0, 0.1) is 0 Å². The van der Waals surface area contributed by atoms with Crippen molar-refractivity contribution in [3.8, 4) is 50.7 Å². The quantitative estimate of drug-likeness (QED) is 0.188. The first kappa shape index (κ1) is 28.2. The number of pyridine rings is 1. The zero-order chi connectivity index (χ0) is 33.0. The molecular weight excluding hydrogens is 613 g/mol. The van der Waals surface area contributed by atoms with Gasteiger partial charge >= 0.3 is 0 Å². The van der Waals surface area contributed by atoms with Crippen molar-refractivity contribution < 1.29 is 4.42 Å². The fraction of sp³-hybridized carbons (Fsp3) is 0. The van der Waals surface area contributed by atoms with Crippen LogP contribution >= 0.6 is 0 Å². The number of furan rings is 1. The highest BCUT2D eigenvalue weighted by atomic mass is 16.3. The second-order valence-electron chi connectivity index (χ2n) is 12.5. The van der Waals surface area contributed by atoms with E-state index in [1.165, 1.54) is 0 Å². The minimum absolute atomic E-state index is 0.692. The summed E-state index contributed by atoms with van der Waals surface area (Å²) in [7, 11) is 0. The summed E-state index contributed by atoms with van der Waals surface area (Å²) in [6.07, 6.45) is 1.86. The minimum atomic E-state index is 0.692. The number of hydrogen-bond acceptors (Lipinski definition) is 4. The van der Waals surface area contributed by atoms with Crippen molar-refractivity contribution in [2.45, 2.75) is 0 Å². The predicted octanol–water partition coefficient (Wildman–Crippen LogP) is 11.5. The maximum absolute atomic E-state index is 6.06. The lowest BCUT2D eigenvalue weighted by molar-refractivity contribution is 0.669. The van der Waals surface area contributed by atoms with Gasteiger partial charge in [-0.25, -0.2) is 9.97 Å². The number of aromatic nitrogens is 4. The van der Waals surface area contributed by atoms with Crippen LogP contribution in [0.3, 0.4) is 0 Å². The Bertz CT molecular complexity index is 2800. The van der Waals surface area contributed by atoms with E-state index >= 15 is 0 Å². The molecule has 0 saturated heterocycles. The van der Waals surface area contributed by atoms with Crippen molar-refractivity contribution >= 4 is 43.9 Å². The summed E-state index contributed by atoms with van der Waals surface area (Å²) >= 11 is 0. The van der Waals surface area contributed by atoms with Crippen molar-refractivity contribution in [3.05, 3.63) is 170 Å². The lowest BCUT2D eigenvalue weighted by Crippen LogP contribution is -1.97. The van der Waals surface area contributed by atoms with Crippen molar-refractivity contribution in [2.75, 3.05) is 0 Å². The van der Waals surface area contributed by atoms with Crippen LogP contribution in [0.25, 0.3) is 94.6 Å². The SMILES string of the molecule is c1ccc(-c2nc(-c3ccc(-c4ccc5oc6ccccc6c5c4)cc3)cc(-c3ccc(-n4c5ccccc5c5ncccc54)cc3)n2)cc1. The summed E-state index contributed by atoms with van der Waals surface area (Å²) in [6, 6.07) is 56.6. The van der Waals surface area contributed by atoms with Crippen LogP contribution in [0.1, 0.15) is 0 Å². The van der Waals surface area contributed by atoms with Gasteiger partial charge < -0.3 is 8.98 Å². The Kier molecular flexibility index (Phi) is 6.42. The smallest absolute Gasteiger partial charge is 0.160 e. The summed E-state index contributed by atoms with van der Waals surface area (Å²) in [5.41, 5.74) is 13.1. The first-order valence-electron chi connectivity index (χ1n) is 16.7. The van der Waals surface area contributed by atoms with Crippen LogP contribution in [0.15, 0.2) is 174 Å². The van der Waals surface area contributed by atoms with Gasteiger partial charge in [-0.2, -0.15) is 0 Å². The maximum atomic E-state index is 6.06. The van der Waals surface area contributed by atoms with Gasteiger partial charge in [0.1, 0.15) is 11.2 Å². The van der Waals surface area contributed by atoms with Crippen molar-refractivity contribution in [3.63, 3.8) is 0 Å². The second kappa shape index (κ2) is 11.4. The molecule has 0 spiro atoms. The molecule has 0 aliphatic carbocycles. The van der Waals surface area contributed by atoms with Crippen LogP contribution < -0.4 is 0 Å². The molecular formula is C45H28N4O. The molecule has 0 aliphatic heterocycles. The van der Waals surface area contributed by atoms with Crippen LogP contribution in [0.4, 0.5) is 0 Å². The van der Waals surface area contributed by atoms with Crippen molar-refractivity contribution in [1.29, 1.82) is 0 Å². The molecule has 10 rings (SSSR count). The van der Waals surface area contributed by atoms with E-state index in [1.807, 2.05) is 42.6 Å². The average Bonchev–Trinajstić information content (AvgIpc) is 3.74. The largest absolute Gasteiger partial charge is 0.456 e. The van der Waals surface area contributed by atoms with Gasteiger partial charge in [0.2, 0.25) is 0 Å². The average molecular weight is 641 g/mol. The molecule has 5 heteroatoms. The summed E-state index contributed by atoms with van der Waals surface area (Å²) in [6.45, 7) is 0. The molecule has 50 heavy (non-hydrogen) atoms. The molecule has 4 aromatic heterocycles. The van der Waals surface area contributed by atoms with Crippen LogP contribution in [-0.2, 0) is 0 Å². The number of para-hydroxylation sites is 2. The first-order chi connectivity index (χ1) is 24.8. The molecule has 6 aromatic carbocycles. The molecule has 0 atom stereocenters. The van der Waals surface area contributed by atoms with Gasteiger partial charge in [-0.15, -0.1) is 0 Å². The van der Waals surface area contributed by atoms with Gasteiger partial charge in [-0.05, 0) is 65.7 Å². The van der Waals surface area contributed by atoms with Crippen LogP contribution in [-0.4, -0.2) is 19.5 Å². The molecule has 0 amide bonds. The zero-order valence-electron chi connectivity index (χ0n) is 26.9. The predicted molar refractivity (Wildman–Crippen MR) is 203 cm³/mol. The van der Waals surface area contributed by atoms with Crippen LogP contribution in [0.2, 0.25) is 0 Å². The molecule has 5 nitrogen and oxygen atoms in total. The van der Waals surface area contributed by atoms with Gasteiger partial charge in [0, 0.05) is 44.7 Å². The lowest BCUT2D eigenvalue weighted by Gasteiger charge is -2.12. The van der Waals surface area contributed by atoms with Gasteiger partial charge in [-0.3, -0.25) is 4.98 Å². The Balaban J connectivity index is 1.04. The normalized spacial score (nSPS) is 11.6. The maximum Gasteiger partial charge on any atom is 0.160 e. The molecule has 0 radical (unpaired) electrons. The molecule has 0 unspecified atom stereocenters. The Morgan fingerprint density at radius 1 is 0.420 bits per heavy atom.